The largest absolute Gasteiger partial charge is 0.480 e. The van der Waals surface area contributed by atoms with Crippen LogP contribution in [0, 0.1) is 0 Å². The lowest BCUT2D eigenvalue weighted by Crippen LogP contribution is -2.33. The topological polar surface area (TPSA) is 49.3 Å². The van der Waals surface area contributed by atoms with Crippen LogP contribution in [0.25, 0.3) is 0 Å². The minimum absolute atomic E-state index is 0.0774. The first-order valence-electron chi connectivity index (χ1n) is 4.02. The van der Waals surface area contributed by atoms with Gasteiger partial charge in [-0.25, -0.2) is 0 Å². The van der Waals surface area contributed by atoms with Crippen molar-refractivity contribution in [2.75, 3.05) is 5.75 Å². The van der Waals surface area contributed by atoms with Gasteiger partial charge < -0.3 is 5.11 Å². The molecule has 2 rings (SSSR count). The van der Waals surface area contributed by atoms with E-state index in [2.05, 4.69) is 5.32 Å². The maximum absolute atomic E-state index is 10.7. The van der Waals surface area contributed by atoms with Crippen LogP contribution in [0.1, 0.15) is 10.3 Å². The molecule has 1 saturated heterocycles. The summed E-state index contributed by atoms with van der Waals surface area (Å²) >= 11 is 8.90. The van der Waals surface area contributed by atoms with Crippen molar-refractivity contribution in [2.45, 2.75) is 11.4 Å². The van der Waals surface area contributed by atoms with Crippen molar-refractivity contribution >= 4 is 40.7 Å². The predicted molar refractivity (Wildman–Crippen MR) is 59.1 cm³/mol. The van der Waals surface area contributed by atoms with Crippen LogP contribution in [0.15, 0.2) is 12.1 Å². The van der Waals surface area contributed by atoms with Crippen molar-refractivity contribution in [3.05, 3.63) is 21.3 Å². The number of aliphatic carboxylic acids is 1. The normalized spacial score (nSPS) is 26.6. The summed E-state index contributed by atoms with van der Waals surface area (Å²) in [5, 5.41) is 11.9. The second-order valence-corrected chi connectivity index (χ2v) is 5.80. The van der Waals surface area contributed by atoms with Gasteiger partial charge in [-0.15, -0.1) is 23.1 Å². The number of hydrogen-bond donors (Lipinski definition) is 2. The Bertz CT molecular complexity index is 355. The molecule has 0 radical (unpaired) electrons. The molecule has 0 aromatic carbocycles. The SMILES string of the molecule is O=C(O)[C@H]1CS[C@@H](c2ccc(Cl)s2)N1. The lowest BCUT2D eigenvalue weighted by atomic mass is 10.3. The highest BCUT2D eigenvalue weighted by Gasteiger charge is 2.30. The third-order valence-electron chi connectivity index (χ3n) is 1.93. The molecule has 1 aliphatic rings. The Hall–Kier alpha value is -0.230. The average Bonchev–Trinajstić information content (AvgIpc) is 2.70. The maximum atomic E-state index is 10.7. The lowest BCUT2D eigenvalue weighted by molar-refractivity contribution is -0.138. The van der Waals surface area contributed by atoms with E-state index in [0.29, 0.717) is 5.75 Å². The van der Waals surface area contributed by atoms with Crippen LogP contribution in [0.5, 0.6) is 0 Å². The number of carboxylic acid groups (broad SMARTS) is 1. The molecule has 1 fully saturated rings. The molecule has 6 heteroatoms. The number of thiophene rings is 1. The summed E-state index contributed by atoms with van der Waals surface area (Å²) in [5.74, 6) is -0.183. The van der Waals surface area contributed by atoms with Crippen molar-refractivity contribution in [3.63, 3.8) is 0 Å². The van der Waals surface area contributed by atoms with Gasteiger partial charge in [0.05, 0.1) is 9.71 Å². The third kappa shape index (κ3) is 2.06. The Labute approximate surface area is 94.5 Å². The molecule has 1 aromatic heterocycles. The quantitative estimate of drug-likeness (QED) is 0.844. The molecule has 0 amide bonds. The number of nitrogens with one attached hydrogen (secondary N) is 1. The van der Waals surface area contributed by atoms with Crippen LogP contribution in [-0.2, 0) is 4.79 Å². The number of carboxylic acids is 1. The van der Waals surface area contributed by atoms with Gasteiger partial charge in [0.15, 0.2) is 0 Å². The molecule has 0 unspecified atom stereocenters. The third-order valence-corrected chi connectivity index (χ3v) is 4.63. The fraction of sp³-hybridized carbons (Fsp3) is 0.375. The molecule has 0 aliphatic carbocycles. The summed E-state index contributed by atoms with van der Waals surface area (Å²) in [6.45, 7) is 0. The molecule has 14 heavy (non-hydrogen) atoms. The van der Waals surface area contributed by atoms with Gasteiger partial charge in [0.1, 0.15) is 6.04 Å². The van der Waals surface area contributed by atoms with E-state index in [0.717, 1.165) is 9.21 Å². The first-order chi connectivity index (χ1) is 6.66. The molecular weight excluding hydrogens is 242 g/mol. The number of halogens is 1. The van der Waals surface area contributed by atoms with E-state index in [-0.39, 0.29) is 5.37 Å². The van der Waals surface area contributed by atoms with Crippen molar-refractivity contribution in [1.29, 1.82) is 0 Å². The summed E-state index contributed by atoms with van der Waals surface area (Å²) < 4.78 is 0.737. The van der Waals surface area contributed by atoms with Gasteiger partial charge >= 0.3 is 5.97 Å². The van der Waals surface area contributed by atoms with E-state index in [1.807, 2.05) is 12.1 Å². The zero-order valence-corrected chi connectivity index (χ0v) is 9.46. The van der Waals surface area contributed by atoms with Crippen LogP contribution in [0.2, 0.25) is 4.34 Å². The number of carbonyl (C=O) groups is 1. The Morgan fingerprint density at radius 3 is 2.93 bits per heavy atom. The zero-order valence-electron chi connectivity index (χ0n) is 7.07. The minimum Gasteiger partial charge on any atom is -0.480 e. The van der Waals surface area contributed by atoms with E-state index in [4.69, 9.17) is 16.7 Å². The molecule has 0 spiro atoms. The standard InChI is InChI=1S/C8H8ClNO2S2/c9-6-2-1-5(14-6)7-10-4(3-13-7)8(11)12/h1-2,4,7,10H,3H2,(H,11,12)/t4-,7+/m1/s1. The van der Waals surface area contributed by atoms with Gasteiger partial charge in [0.2, 0.25) is 0 Å². The van der Waals surface area contributed by atoms with E-state index >= 15 is 0 Å². The zero-order chi connectivity index (χ0) is 10.1. The molecule has 2 atom stereocenters. The predicted octanol–water partition coefficient (Wildman–Crippen LogP) is 2.19. The molecule has 1 aromatic rings. The van der Waals surface area contributed by atoms with Crippen molar-refractivity contribution in [3.8, 4) is 0 Å². The highest BCUT2D eigenvalue weighted by atomic mass is 35.5. The maximum Gasteiger partial charge on any atom is 0.321 e. The highest BCUT2D eigenvalue weighted by Crippen LogP contribution is 2.37. The Morgan fingerprint density at radius 2 is 2.43 bits per heavy atom. The molecule has 2 N–H and O–H groups in total. The Kier molecular flexibility index (Phi) is 3.02. The highest BCUT2D eigenvalue weighted by molar-refractivity contribution is 7.99. The summed E-state index contributed by atoms with van der Waals surface area (Å²) in [6, 6.07) is 3.32. The second-order valence-electron chi connectivity index (χ2n) is 2.91. The molecule has 76 valence electrons. The van der Waals surface area contributed by atoms with E-state index in [1.54, 1.807) is 11.8 Å². The Balaban J connectivity index is 2.05. The van der Waals surface area contributed by atoms with Crippen LogP contribution < -0.4 is 5.32 Å². The monoisotopic (exact) mass is 249 g/mol. The van der Waals surface area contributed by atoms with Crippen LogP contribution in [0.3, 0.4) is 0 Å². The average molecular weight is 250 g/mol. The fourth-order valence-corrected chi connectivity index (χ4v) is 3.73. The minimum atomic E-state index is -0.789. The fourth-order valence-electron chi connectivity index (χ4n) is 1.25. The van der Waals surface area contributed by atoms with E-state index < -0.39 is 12.0 Å². The van der Waals surface area contributed by atoms with Gasteiger partial charge in [-0.1, -0.05) is 11.6 Å². The van der Waals surface area contributed by atoms with Gasteiger partial charge in [-0.2, -0.15) is 0 Å². The number of thioether (sulfide) groups is 1. The lowest BCUT2D eigenvalue weighted by Gasteiger charge is -2.07. The first kappa shape index (κ1) is 10.3. The number of rotatable bonds is 2. The van der Waals surface area contributed by atoms with Crippen molar-refractivity contribution in [1.82, 2.24) is 5.32 Å². The first-order valence-corrected chi connectivity index (χ1v) is 6.27. The molecule has 3 nitrogen and oxygen atoms in total. The van der Waals surface area contributed by atoms with Gasteiger partial charge in [-0.05, 0) is 12.1 Å². The summed E-state index contributed by atoms with van der Waals surface area (Å²) in [4.78, 5) is 11.8. The Morgan fingerprint density at radius 1 is 1.64 bits per heavy atom. The van der Waals surface area contributed by atoms with E-state index in [1.165, 1.54) is 11.3 Å². The van der Waals surface area contributed by atoms with Crippen molar-refractivity contribution < 1.29 is 9.90 Å². The summed E-state index contributed by atoms with van der Waals surface area (Å²) in [5.41, 5.74) is 0. The van der Waals surface area contributed by atoms with Gasteiger partial charge in [-0.3, -0.25) is 10.1 Å². The summed E-state index contributed by atoms with van der Waals surface area (Å²) in [6.07, 6.45) is 0. The smallest absolute Gasteiger partial charge is 0.321 e. The molecular formula is C8H8ClNO2S2. The summed E-state index contributed by atoms with van der Waals surface area (Å²) in [7, 11) is 0. The molecule has 0 saturated carbocycles. The van der Waals surface area contributed by atoms with Gasteiger partial charge in [0, 0.05) is 10.6 Å². The molecule has 2 heterocycles. The van der Waals surface area contributed by atoms with E-state index in [9.17, 15) is 4.79 Å². The van der Waals surface area contributed by atoms with Gasteiger partial charge in [0.25, 0.3) is 0 Å². The molecule has 0 bridgehead atoms. The van der Waals surface area contributed by atoms with Crippen LogP contribution in [-0.4, -0.2) is 22.9 Å². The van der Waals surface area contributed by atoms with Crippen molar-refractivity contribution in [2.24, 2.45) is 0 Å². The molecule has 1 aliphatic heterocycles. The number of hydrogen-bond acceptors (Lipinski definition) is 4. The second kappa shape index (κ2) is 4.10. The van der Waals surface area contributed by atoms with Crippen LogP contribution in [0.4, 0.5) is 0 Å². The van der Waals surface area contributed by atoms with Crippen LogP contribution >= 0.6 is 34.7 Å².